The average molecular weight is 277 g/mol. The van der Waals surface area contributed by atoms with Crippen LogP contribution in [0.15, 0.2) is 12.3 Å². The number of hydrogen-bond acceptors (Lipinski definition) is 3. The van der Waals surface area contributed by atoms with E-state index in [9.17, 15) is 22.4 Å². The number of halogens is 4. The van der Waals surface area contributed by atoms with Crippen LogP contribution in [0.2, 0.25) is 0 Å². The maximum absolute atomic E-state index is 13.7. The van der Waals surface area contributed by atoms with Crippen LogP contribution in [0.4, 0.5) is 23.4 Å². The summed E-state index contributed by atoms with van der Waals surface area (Å²) in [5.41, 5.74) is -2.67. The lowest BCUT2D eigenvalue weighted by atomic mass is 10.2. The van der Waals surface area contributed by atoms with Crippen molar-refractivity contribution in [3.05, 3.63) is 23.6 Å². The fourth-order valence-corrected chi connectivity index (χ4v) is 1.68. The van der Waals surface area contributed by atoms with Crippen molar-refractivity contribution >= 4 is 11.7 Å². The molecule has 19 heavy (non-hydrogen) atoms. The molecule has 1 aliphatic carbocycles. The zero-order valence-electron chi connectivity index (χ0n) is 9.94. The Bertz CT molecular complexity index is 511. The molecular formula is C11H11F4N3O. The van der Waals surface area contributed by atoms with Crippen LogP contribution in [0.25, 0.3) is 0 Å². The first-order valence-electron chi connectivity index (χ1n) is 5.52. The van der Waals surface area contributed by atoms with E-state index in [0.29, 0.717) is 0 Å². The largest absolute Gasteiger partial charge is 0.411 e. The van der Waals surface area contributed by atoms with Crippen LogP contribution < -0.4 is 10.6 Å². The van der Waals surface area contributed by atoms with Gasteiger partial charge in [-0.25, -0.2) is 9.37 Å². The first kappa shape index (κ1) is 13.6. The Labute approximate surface area is 106 Å². The molecule has 0 bridgehead atoms. The summed E-state index contributed by atoms with van der Waals surface area (Å²) in [7, 11) is 1.39. The Hall–Kier alpha value is -1.86. The molecule has 0 aromatic carbocycles. The lowest BCUT2D eigenvalue weighted by molar-refractivity contribution is -0.163. The Morgan fingerprint density at radius 2 is 2.05 bits per heavy atom. The zero-order chi connectivity index (χ0) is 14.3. The van der Waals surface area contributed by atoms with Crippen molar-refractivity contribution in [2.24, 2.45) is 0 Å². The Balaban J connectivity index is 2.22. The lowest BCUT2D eigenvalue weighted by Crippen LogP contribution is -2.48. The van der Waals surface area contributed by atoms with Crippen molar-refractivity contribution in [2.45, 2.75) is 24.6 Å². The van der Waals surface area contributed by atoms with Gasteiger partial charge in [0.2, 0.25) is 0 Å². The number of carbonyl (C=O) groups excluding carboxylic acids is 1. The zero-order valence-corrected chi connectivity index (χ0v) is 9.94. The molecule has 2 N–H and O–H groups in total. The molecule has 1 heterocycles. The molecule has 4 nitrogen and oxygen atoms in total. The molecule has 0 atom stereocenters. The fraction of sp³-hybridized carbons (Fsp3) is 0.455. The molecule has 1 aliphatic rings. The summed E-state index contributed by atoms with van der Waals surface area (Å²) in [6, 6.07) is 1.04. The number of hydrogen-bond donors (Lipinski definition) is 2. The van der Waals surface area contributed by atoms with Gasteiger partial charge in [0, 0.05) is 13.2 Å². The summed E-state index contributed by atoms with van der Waals surface area (Å²) < 4.78 is 51.8. The molecule has 0 radical (unpaired) electrons. The van der Waals surface area contributed by atoms with Crippen molar-refractivity contribution in [1.82, 2.24) is 10.3 Å². The van der Waals surface area contributed by atoms with Crippen molar-refractivity contribution in [2.75, 3.05) is 12.4 Å². The second-order valence-corrected chi connectivity index (χ2v) is 4.31. The topological polar surface area (TPSA) is 54.0 Å². The summed E-state index contributed by atoms with van der Waals surface area (Å²) >= 11 is 0. The van der Waals surface area contributed by atoms with E-state index < -0.39 is 29.0 Å². The van der Waals surface area contributed by atoms with E-state index in [1.165, 1.54) is 7.05 Å². The van der Waals surface area contributed by atoms with Crippen molar-refractivity contribution in [3.8, 4) is 0 Å². The number of rotatable bonds is 3. The number of aromatic nitrogens is 1. The standard InChI is InChI=1S/C11H11F4N3O/c1-16-8-7(12)6(2-5-17-8)9(19)18-10(3-4-10)11(13,14)15/h2,5H,3-4H2,1H3,(H,16,17)(H,18,19). The predicted octanol–water partition coefficient (Wildman–Crippen LogP) is 2.09. The van der Waals surface area contributed by atoms with Crippen molar-refractivity contribution in [1.29, 1.82) is 0 Å². The summed E-state index contributed by atoms with van der Waals surface area (Å²) in [4.78, 5) is 15.3. The molecule has 1 fully saturated rings. The molecule has 1 amide bonds. The van der Waals surface area contributed by atoms with Gasteiger partial charge in [-0.3, -0.25) is 4.79 Å². The Morgan fingerprint density at radius 1 is 1.42 bits per heavy atom. The molecule has 104 valence electrons. The molecule has 0 unspecified atom stereocenters. The molecule has 0 saturated heterocycles. The molecule has 0 aliphatic heterocycles. The number of amides is 1. The van der Waals surface area contributed by atoms with Crippen LogP contribution in [-0.2, 0) is 0 Å². The second kappa shape index (κ2) is 4.36. The number of nitrogens with zero attached hydrogens (tertiary/aromatic N) is 1. The van der Waals surface area contributed by atoms with Crippen LogP contribution >= 0.6 is 0 Å². The highest BCUT2D eigenvalue weighted by molar-refractivity contribution is 5.96. The number of carbonyl (C=O) groups is 1. The minimum absolute atomic E-state index is 0.187. The Kier molecular flexibility index (Phi) is 3.11. The van der Waals surface area contributed by atoms with E-state index >= 15 is 0 Å². The molecular weight excluding hydrogens is 266 g/mol. The van der Waals surface area contributed by atoms with Gasteiger partial charge >= 0.3 is 6.18 Å². The van der Waals surface area contributed by atoms with Gasteiger partial charge < -0.3 is 10.6 Å². The minimum atomic E-state index is -4.53. The van der Waals surface area contributed by atoms with Gasteiger partial charge in [0.05, 0.1) is 5.56 Å². The van der Waals surface area contributed by atoms with Gasteiger partial charge in [-0.05, 0) is 18.9 Å². The quantitative estimate of drug-likeness (QED) is 0.832. The summed E-state index contributed by atoms with van der Waals surface area (Å²) in [6.07, 6.45) is -3.75. The summed E-state index contributed by atoms with van der Waals surface area (Å²) in [5.74, 6) is -2.25. The van der Waals surface area contributed by atoms with Gasteiger partial charge in [0.25, 0.3) is 5.91 Å². The van der Waals surface area contributed by atoms with Gasteiger partial charge in [-0.1, -0.05) is 0 Å². The minimum Gasteiger partial charge on any atom is -0.371 e. The highest BCUT2D eigenvalue weighted by Gasteiger charge is 2.64. The third kappa shape index (κ3) is 2.34. The van der Waals surface area contributed by atoms with E-state index in [4.69, 9.17) is 0 Å². The van der Waals surface area contributed by atoms with Gasteiger partial charge in [-0.2, -0.15) is 13.2 Å². The predicted molar refractivity (Wildman–Crippen MR) is 59.2 cm³/mol. The normalized spacial score (nSPS) is 16.9. The smallest absolute Gasteiger partial charge is 0.371 e. The van der Waals surface area contributed by atoms with Crippen LogP contribution in [0.3, 0.4) is 0 Å². The van der Waals surface area contributed by atoms with Gasteiger partial charge in [0.1, 0.15) is 5.54 Å². The number of anilines is 1. The van der Waals surface area contributed by atoms with Crippen LogP contribution in [0.5, 0.6) is 0 Å². The maximum Gasteiger partial charge on any atom is 0.411 e. The van der Waals surface area contributed by atoms with Gasteiger partial charge in [0.15, 0.2) is 11.6 Å². The molecule has 1 aromatic rings. The second-order valence-electron chi connectivity index (χ2n) is 4.31. The number of alkyl halides is 3. The lowest BCUT2D eigenvalue weighted by Gasteiger charge is -2.20. The first-order valence-corrected chi connectivity index (χ1v) is 5.52. The highest BCUT2D eigenvalue weighted by Crippen LogP contribution is 2.49. The Morgan fingerprint density at radius 3 is 2.53 bits per heavy atom. The van der Waals surface area contributed by atoms with E-state index in [-0.39, 0.29) is 18.7 Å². The fourth-order valence-electron chi connectivity index (χ4n) is 1.68. The molecule has 8 heteroatoms. The van der Waals surface area contributed by atoms with E-state index in [1.54, 1.807) is 0 Å². The third-order valence-corrected chi connectivity index (χ3v) is 3.02. The monoisotopic (exact) mass is 277 g/mol. The van der Waals surface area contributed by atoms with E-state index in [2.05, 4.69) is 10.3 Å². The summed E-state index contributed by atoms with van der Waals surface area (Å²) in [5, 5.41) is 4.27. The molecule has 1 aromatic heterocycles. The first-order chi connectivity index (χ1) is 8.81. The van der Waals surface area contributed by atoms with Crippen LogP contribution in [-0.4, -0.2) is 29.7 Å². The highest BCUT2D eigenvalue weighted by atomic mass is 19.4. The van der Waals surface area contributed by atoms with Gasteiger partial charge in [-0.15, -0.1) is 0 Å². The van der Waals surface area contributed by atoms with E-state index in [1.807, 2.05) is 5.32 Å². The maximum atomic E-state index is 13.7. The molecule has 2 rings (SSSR count). The third-order valence-electron chi connectivity index (χ3n) is 3.02. The average Bonchev–Trinajstić information content (AvgIpc) is 3.09. The number of pyridine rings is 1. The summed E-state index contributed by atoms with van der Waals surface area (Å²) in [6.45, 7) is 0. The molecule has 0 spiro atoms. The SMILES string of the molecule is CNc1nccc(C(=O)NC2(C(F)(F)F)CC2)c1F. The van der Waals surface area contributed by atoms with Crippen molar-refractivity contribution in [3.63, 3.8) is 0 Å². The molecule has 1 saturated carbocycles. The number of nitrogens with one attached hydrogen (secondary N) is 2. The van der Waals surface area contributed by atoms with Crippen LogP contribution in [0, 0.1) is 5.82 Å². The van der Waals surface area contributed by atoms with Crippen molar-refractivity contribution < 1.29 is 22.4 Å². The van der Waals surface area contributed by atoms with Crippen LogP contribution in [0.1, 0.15) is 23.2 Å². The van der Waals surface area contributed by atoms with E-state index in [0.717, 1.165) is 12.3 Å².